The van der Waals surface area contributed by atoms with Crippen LogP contribution < -0.4 is 15.4 Å². The first-order valence-corrected chi connectivity index (χ1v) is 7.73. The van der Waals surface area contributed by atoms with E-state index in [1.54, 1.807) is 6.33 Å². The highest BCUT2D eigenvalue weighted by Gasteiger charge is 2.01. The predicted molar refractivity (Wildman–Crippen MR) is 90.5 cm³/mol. The number of hydrogen-bond acceptors (Lipinski definition) is 4. The van der Waals surface area contributed by atoms with E-state index in [4.69, 9.17) is 4.74 Å². The van der Waals surface area contributed by atoms with Crippen molar-refractivity contribution < 1.29 is 4.74 Å². The lowest BCUT2D eigenvalue weighted by Crippen LogP contribution is -2.39. The quantitative estimate of drug-likeness (QED) is 0.457. The van der Waals surface area contributed by atoms with Gasteiger partial charge in [0.2, 0.25) is 0 Å². The van der Waals surface area contributed by atoms with Crippen molar-refractivity contribution in [2.45, 2.75) is 20.4 Å². The van der Waals surface area contributed by atoms with Crippen LogP contribution in [0.1, 0.15) is 18.3 Å². The summed E-state index contributed by atoms with van der Waals surface area (Å²) in [5, 5.41) is 14.3. The minimum Gasteiger partial charge on any atom is -0.492 e. The maximum Gasteiger partial charge on any atom is 0.191 e. The fraction of sp³-hybridized carbons (Fsp3) is 0.438. The van der Waals surface area contributed by atoms with Gasteiger partial charge >= 0.3 is 0 Å². The van der Waals surface area contributed by atoms with Gasteiger partial charge in [0.25, 0.3) is 0 Å². The monoisotopic (exact) mass is 316 g/mol. The molecule has 0 aliphatic rings. The van der Waals surface area contributed by atoms with E-state index >= 15 is 0 Å². The third-order valence-electron chi connectivity index (χ3n) is 3.21. The standard InChI is InChI=1S/C16H24N6O/c1-4-17-16(19-11-15-21-20-12-22(15)3)18-9-10-23-14-7-5-13(2)6-8-14/h5-8,12H,4,9-11H2,1-3H3,(H2,17,18,19). The first-order chi connectivity index (χ1) is 11.2. The van der Waals surface area contributed by atoms with E-state index in [1.165, 1.54) is 5.56 Å². The zero-order valence-corrected chi connectivity index (χ0v) is 13.9. The number of aliphatic imine (C=N–C) groups is 1. The van der Waals surface area contributed by atoms with Gasteiger partial charge in [-0.3, -0.25) is 0 Å². The maximum absolute atomic E-state index is 5.69. The molecule has 7 nitrogen and oxygen atoms in total. The molecule has 1 aromatic heterocycles. The maximum atomic E-state index is 5.69. The van der Waals surface area contributed by atoms with Crippen LogP contribution in [-0.4, -0.2) is 40.4 Å². The number of ether oxygens (including phenoxy) is 1. The van der Waals surface area contributed by atoms with Crippen LogP contribution in [0.25, 0.3) is 0 Å². The molecule has 0 amide bonds. The van der Waals surface area contributed by atoms with Crippen LogP contribution in [0.4, 0.5) is 0 Å². The summed E-state index contributed by atoms with van der Waals surface area (Å²) in [5.41, 5.74) is 1.22. The fourth-order valence-electron chi connectivity index (χ4n) is 1.91. The molecule has 23 heavy (non-hydrogen) atoms. The number of aromatic nitrogens is 3. The summed E-state index contributed by atoms with van der Waals surface area (Å²) in [4.78, 5) is 4.49. The highest BCUT2D eigenvalue weighted by atomic mass is 16.5. The Morgan fingerprint density at radius 1 is 1.26 bits per heavy atom. The number of aryl methyl sites for hydroxylation is 2. The summed E-state index contributed by atoms with van der Waals surface area (Å²) in [5.74, 6) is 2.43. The molecule has 0 unspecified atom stereocenters. The Morgan fingerprint density at radius 3 is 2.70 bits per heavy atom. The molecule has 1 aromatic carbocycles. The van der Waals surface area contributed by atoms with Crippen molar-refractivity contribution in [1.29, 1.82) is 0 Å². The van der Waals surface area contributed by atoms with Crippen LogP contribution in [0.3, 0.4) is 0 Å². The Morgan fingerprint density at radius 2 is 2.04 bits per heavy atom. The molecule has 2 aromatic rings. The van der Waals surface area contributed by atoms with E-state index in [-0.39, 0.29) is 0 Å². The fourth-order valence-corrected chi connectivity index (χ4v) is 1.91. The van der Waals surface area contributed by atoms with Crippen molar-refractivity contribution in [3.05, 3.63) is 42.0 Å². The Balaban J connectivity index is 1.77. The normalized spacial score (nSPS) is 11.3. The first-order valence-electron chi connectivity index (χ1n) is 7.73. The summed E-state index contributed by atoms with van der Waals surface area (Å²) < 4.78 is 7.54. The zero-order valence-electron chi connectivity index (χ0n) is 13.9. The minimum atomic E-state index is 0.477. The van der Waals surface area contributed by atoms with Gasteiger partial charge in [-0.2, -0.15) is 0 Å². The van der Waals surface area contributed by atoms with Gasteiger partial charge in [0.15, 0.2) is 11.8 Å². The molecule has 0 bridgehead atoms. The lowest BCUT2D eigenvalue weighted by atomic mass is 10.2. The van der Waals surface area contributed by atoms with Gasteiger partial charge in [0, 0.05) is 13.6 Å². The molecule has 0 atom stereocenters. The average molecular weight is 316 g/mol. The number of benzene rings is 1. The molecular formula is C16H24N6O. The lowest BCUT2D eigenvalue weighted by Gasteiger charge is -2.12. The summed E-state index contributed by atoms with van der Waals surface area (Å²) in [6.07, 6.45) is 1.67. The van der Waals surface area contributed by atoms with Crippen LogP contribution >= 0.6 is 0 Å². The van der Waals surface area contributed by atoms with Gasteiger partial charge in [0.05, 0.1) is 6.54 Å². The van der Waals surface area contributed by atoms with Crippen LogP contribution in [-0.2, 0) is 13.6 Å². The molecular weight excluding hydrogens is 292 g/mol. The largest absolute Gasteiger partial charge is 0.492 e. The minimum absolute atomic E-state index is 0.477. The molecule has 0 aliphatic carbocycles. The van der Waals surface area contributed by atoms with Gasteiger partial charge in [0.1, 0.15) is 25.2 Å². The van der Waals surface area contributed by atoms with Gasteiger partial charge in [-0.05, 0) is 26.0 Å². The number of guanidine groups is 1. The molecule has 0 radical (unpaired) electrons. The second-order valence-corrected chi connectivity index (χ2v) is 5.14. The second kappa shape index (κ2) is 8.77. The Bertz CT molecular complexity index is 620. The Kier molecular flexibility index (Phi) is 6.40. The SMILES string of the molecule is CCNC(=NCc1nncn1C)NCCOc1ccc(C)cc1. The van der Waals surface area contributed by atoms with Gasteiger partial charge in [-0.1, -0.05) is 17.7 Å². The first kappa shape index (κ1) is 16.8. The molecule has 1 heterocycles. The third kappa shape index (κ3) is 5.61. The van der Waals surface area contributed by atoms with Gasteiger partial charge in [-0.25, -0.2) is 4.99 Å². The van der Waals surface area contributed by atoms with Crippen molar-refractivity contribution in [3.63, 3.8) is 0 Å². The van der Waals surface area contributed by atoms with Crippen molar-refractivity contribution in [2.75, 3.05) is 19.7 Å². The average Bonchev–Trinajstić information content (AvgIpc) is 2.96. The molecule has 7 heteroatoms. The highest BCUT2D eigenvalue weighted by Crippen LogP contribution is 2.10. The lowest BCUT2D eigenvalue weighted by molar-refractivity contribution is 0.322. The van der Waals surface area contributed by atoms with E-state index in [1.807, 2.05) is 42.8 Å². The third-order valence-corrected chi connectivity index (χ3v) is 3.21. The van der Waals surface area contributed by atoms with E-state index in [2.05, 4.69) is 32.7 Å². The highest BCUT2D eigenvalue weighted by molar-refractivity contribution is 5.79. The molecule has 0 saturated carbocycles. The second-order valence-electron chi connectivity index (χ2n) is 5.14. The van der Waals surface area contributed by atoms with Crippen molar-refractivity contribution in [2.24, 2.45) is 12.0 Å². The zero-order chi connectivity index (χ0) is 16.5. The van der Waals surface area contributed by atoms with E-state index in [0.29, 0.717) is 19.7 Å². The van der Waals surface area contributed by atoms with Crippen LogP contribution in [0.2, 0.25) is 0 Å². The summed E-state index contributed by atoms with van der Waals surface area (Å²) >= 11 is 0. The number of rotatable bonds is 7. The summed E-state index contributed by atoms with van der Waals surface area (Å²) in [6, 6.07) is 8.02. The molecule has 2 rings (SSSR count). The van der Waals surface area contributed by atoms with Crippen LogP contribution in [0.15, 0.2) is 35.6 Å². The summed E-state index contributed by atoms with van der Waals surface area (Å²) in [7, 11) is 1.90. The Hall–Kier alpha value is -2.57. The smallest absolute Gasteiger partial charge is 0.191 e. The molecule has 0 fully saturated rings. The molecule has 124 valence electrons. The molecule has 0 spiro atoms. The van der Waals surface area contributed by atoms with Crippen molar-refractivity contribution in [3.8, 4) is 5.75 Å². The predicted octanol–water partition coefficient (Wildman–Crippen LogP) is 1.26. The van der Waals surface area contributed by atoms with Gasteiger partial charge < -0.3 is 19.9 Å². The number of hydrogen-bond donors (Lipinski definition) is 2. The van der Waals surface area contributed by atoms with Crippen molar-refractivity contribution in [1.82, 2.24) is 25.4 Å². The molecule has 0 aliphatic heterocycles. The van der Waals surface area contributed by atoms with E-state index in [0.717, 1.165) is 24.1 Å². The number of nitrogens with one attached hydrogen (secondary N) is 2. The van der Waals surface area contributed by atoms with E-state index in [9.17, 15) is 0 Å². The van der Waals surface area contributed by atoms with Gasteiger partial charge in [-0.15, -0.1) is 10.2 Å². The molecule has 2 N–H and O–H groups in total. The topological polar surface area (TPSA) is 76.4 Å². The number of nitrogens with zero attached hydrogens (tertiary/aromatic N) is 4. The van der Waals surface area contributed by atoms with E-state index < -0.39 is 0 Å². The van der Waals surface area contributed by atoms with Crippen molar-refractivity contribution >= 4 is 5.96 Å². The van der Waals surface area contributed by atoms with Crippen LogP contribution in [0, 0.1) is 6.92 Å². The van der Waals surface area contributed by atoms with Crippen LogP contribution in [0.5, 0.6) is 5.75 Å². The Labute approximate surface area is 136 Å². The summed E-state index contributed by atoms with van der Waals surface area (Å²) in [6.45, 7) is 6.59. The molecule has 0 saturated heterocycles.